The average Bonchev–Trinajstić information content (AvgIpc) is 3.19. The van der Waals surface area contributed by atoms with Crippen molar-refractivity contribution < 1.29 is 9.53 Å². The molecule has 3 N–H and O–H groups in total. The minimum Gasteiger partial charge on any atom is -0.383 e. The summed E-state index contributed by atoms with van der Waals surface area (Å²) in [6.45, 7) is 1.48. The molecule has 1 aromatic rings. The molecule has 1 saturated carbocycles. The van der Waals surface area contributed by atoms with Crippen LogP contribution in [0.4, 0.5) is 0 Å². The number of rotatable bonds is 7. The Kier molecular flexibility index (Phi) is 4.33. The lowest BCUT2D eigenvalue weighted by molar-refractivity contribution is 0.1000. The van der Waals surface area contributed by atoms with Crippen LogP contribution in [0.5, 0.6) is 0 Å². The van der Waals surface area contributed by atoms with Crippen molar-refractivity contribution in [3.63, 3.8) is 0 Å². The van der Waals surface area contributed by atoms with Crippen molar-refractivity contribution in [3.8, 4) is 0 Å². The fourth-order valence-corrected chi connectivity index (χ4v) is 2.12. The van der Waals surface area contributed by atoms with Crippen LogP contribution in [-0.2, 0) is 11.3 Å². The lowest BCUT2D eigenvalue weighted by Crippen LogP contribution is -2.34. The minimum atomic E-state index is -0.382. The zero-order chi connectivity index (χ0) is 13.0. The van der Waals surface area contributed by atoms with E-state index in [9.17, 15) is 4.79 Å². The first-order valence-electron chi connectivity index (χ1n) is 6.31. The van der Waals surface area contributed by atoms with Crippen molar-refractivity contribution in [2.75, 3.05) is 13.7 Å². The van der Waals surface area contributed by atoms with Gasteiger partial charge >= 0.3 is 0 Å². The van der Waals surface area contributed by atoms with Crippen LogP contribution >= 0.6 is 0 Å². The summed E-state index contributed by atoms with van der Waals surface area (Å²) >= 11 is 0. The van der Waals surface area contributed by atoms with E-state index in [1.807, 2.05) is 18.2 Å². The van der Waals surface area contributed by atoms with Crippen LogP contribution in [-0.4, -0.2) is 25.7 Å². The van der Waals surface area contributed by atoms with E-state index >= 15 is 0 Å². The van der Waals surface area contributed by atoms with Crippen LogP contribution in [0.1, 0.15) is 28.8 Å². The number of ether oxygens (including phenoxy) is 1. The van der Waals surface area contributed by atoms with E-state index in [0.717, 1.165) is 24.6 Å². The number of carbonyl (C=O) groups is 1. The van der Waals surface area contributed by atoms with Crippen molar-refractivity contribution >= 4 is 5.91 Å². The zero-order valence-electron chi connectivity index (χ0n) is 10.7. The summed E-state index contributed by atoms with van der Waals surface area (Å²) in [5, 5.41) is 3.49. The van der Waals surface area contributed by atoms with Gasteiger partial charge in [0.15, 0.2) is 0 Å². The lowest BCUT2D eigenvalue weighted by atomic mass is 10.1. The SMILES string of the molecule is COCC(NCc1cccc(C(N)=O)c1)C1CC1. The Morgan fingerprint density at radius 1 is 1.56 bits per heavy atom. The summed E-state index contributed by atoms with van der Waals surface area (Å²) in [4.78, 5) is 11.1. The fraction of sp³-hybridized carbons (Fsp3) is 0.500. The Balaban J connectivity index is 1.92. The summed E-state index contributed by atoms with van der Waals surface area (Å²) < 4.78 is 5.22. The highest BCUT2D eigenvalue weighted by molar-refractivity contribution is 5.92. The largest absolute Gasteiger partial charge is 0.383 e. The molecular weight excluding hydrogens is 228 g/mol. The van der Waals surface area contributed by atoms with E-state index in [1.54, 1.807) is 13.2 Å². The maximum absolute atomic E-state index is 11.1. The molecule has 0 spiro atoms. The van der Waals surface area contributed by atoms with Gasteiger partial charge in [-0.1, -0.05) is 12.1 Å². The van der Waals surface area contributed by atoms with Crippen molar-refractivity contribution in [2.45, 2.75) is 25.4 Å². The van der Waals surface area contributed by atoms with Gasteiger partial charge in [-0.2, -0.15) is 0 Å². The van der Waals surface area contributed by atoms with Gasteiger partial charge in [-0.15, -0.1) is 0 Å². The van der Waals surface area contributed by atoms with Gasteiger partial charge in [0.1, 0.15) is 0 Å². The van der Waals surface area contributed by atoms with Gasteiger partial charge in [0.25, 0.3) is 0 Å². The van der Waals surface area contributed by atoms with E-state index in [1.165, 1.54) is 12.8 Å². The highest BCUT2D eigenvalue weighted by atomic mass is 16.5. The summed E-state index contributed by atoms with van der Waals surface area (Å²) in [6.07, 6.45) is 2.56. The smallest absolute Gasteiger partial charge is 0.248 e. The first-order valence-corrected chi connectivity index (χ1v) is 6.31. The minimum absolute atomic E-state index is 0.382. The molecule has 0 bridgehead atoms. The van der Waals surface area contributed by atoms with Crippen molar-refractivity contribution in [1.82, 2.24) is 5.32 Å². The molecule has 0 aromatic heterocycles. The maximum atomic E-state index is 11.1. The summed E-state index contributed by atoms with van der Waals surface area (Å²) in [7, 11) is 1.73. The lowest BCUT2D eigenvalue weighted by Gasteiger charge is -2.17. The van der Waals surface area contributed by atoms with Gasteiger partial charge in [0.2, 0.25) is 5.91 Å². The van der Waals surface area contributed by atoms with Gasteiger partial charge < -0.3 is 15.8 Å². The average molecular weight is 248 g/mol. The first-order chi connectivity index (χ1) is 8.70. The van der Waals surface area contributed by atoms with E-state index < -0.39 is 0 Å². The molecule has 1 aliphatic rings. The molecule has 18 heavy (non-hydrogen) atoms. The van der Waals surface area contributed by atoms with Crippen LogP contribution in [0.2, 0.25) is 0 Å². The predicted octanol–water partition coefficient (Wildman–Crippen LogP) is 1.30. The maximum Gasteiger partial charge on any atom is 0.248 e. The second kappa shape index (κ2) is 5.98. The Bertz CT molecular complexity index is 416. The monoisotopic (exact) mass is 248 g/mol. The predicted molar refractivity (Wildman–Crippen MR) is 70.2 cm³/mol. The molecule has 0 saturated heterocycles. The topological polar surface area (TPSA) is 64.3 Å². The second-order valence-electron chi connectivity index (χ2n) is 4.84. The third kappa shape index (κ3) is 3.55. The Morgan fingerprint density at radius 3 is 2.94 bits per heavy atom. The number of hydrogen-bond donors (Lipinski definition) is 2. The number of primary amides is 1. The Labute approximate surface area is 108 Å². The van der Waals surface area contributed by atoms with Crippen molar-refractivity contribution in [3.05, 3.63) is 35.4 Å². The van der Waals surface area contributed by atoms with Crippen LogP contribution in [0.25, 0.3) is 0 Å². The van der Waals surface area contributed by atoms with Crippen LogP contribution < -0.4 is 11.1 Å². The Morgan fingerprint density at radius 2 is 2.33 bits per heavy atom. The zero-order valence-corrected chi connectivity index (χ0v) is 10.7. The van der Waals surface area contributed by atoms with E-state index in [0.29, 0.717) is 11.6 Å². The molecule has 2 rings (SSSR count). The normalized spacial score (nSPS) is 16.5. The second-order valence-corrected chi connectivity index (χ2v) is 4.84. The number of nitrogens with two attached hydrogens (primary N) is 1. The molecular formula is C14H20N2O2. The Hall–Kier alpha value is -1.39. The van der Waals surface area contributed by atoms with Gasteiger partial charge in [-0.05, 0) is 36.5 Å². The summed E-state index contributed by atoms with van der Waals surface area (Å²) in [5.74, 6) is 0.358. The molecule has 0 aliphatic heterocycles. The van der Waals surface area contributed by atoms with E-state index in [2.05, 4.69) is 5.32 Å². The van der Waals surface area contributed by atoms with Crippen LogP contribution in [0.15, 0.2) is 24.3 Å². The molecule has 0 heterocycles. The molecule has 1 aromatic carbocycles. The van der Waals surface area contributed by atoms with Crippen LogP contribution in [0.3, 0.4) is 0 Å². The number of benzene rings is 1. The number of hydrogen-bond acceptors (Lipinski definition) is 3. The van der Waals surface area contributed by atoms with Gasteiger partial charge in [0, 0.05) is 25.3 Å². The van der Waals surface area contributed by atoms with Crippen LogP contribution in [0, 0.1) is 5.92 Å². The molecule has 4 heteroatoms. The van der Waals surface area contributed by atoms with Gasteiger partial charge in [-0.25, -0.2) is 0 Å². The standard InChI is InChI=1S/C14H20N2O2/c1-18-9-13(11-5-6-11)16-8-10-3-2-4-12(7-10)14(15)17/h2-4,7,11,13,16H,5-6,8-9H2,1H3,(H2,15,17). The molecule has 1 atom stereocenters. The highest BCUT2D eigenvalue weighted by Crippen LogP contribution is 2.32. The quantitative estimate of drug-likeness (QED) is 0.764. The number of methoxy groups -OCH3 is 1. The highest BCUT2D eigenvalue weighted by Gasteiger charge is 2.30. The fourth-order valence-electron chi connectivity index (χ4n) is 2.12. The summed E-state index contributed by atoms with van der Waals surface area (Å²) in [6, 6.07) is 7.84. The molecule has 1 aliphatic carbocycles. The number of nitrogens with one attached hydrogen (secondary N) is 1. The van der Waals surface area contributed by atoms with Gasteiger partial charge in [0.05, 0.1) is 6.61 Å². The van der Waals surface area contributed by atoms with Gasteiger partial charge in [-0.3, -0.25) is 4.79 Å². The molecule has 1 fully saturated rings. The molecule has 98 valence electrons. The number of carbonyl (C=O) groups excluding carboxylic acids is 1. The molecule has 4 nitrogen and oxygen atoms in total. The molecule has 1 amide bonds. The van der Waals surface area contributed by atoms with E-state index in [4.69, 9.17) is 10.5 Å². The van der Waals surface area contributed by atoms with Crippen molar-refractivity contribution in [2.24, 2.45) is 11.7 Å². The van der Waals surface area contributed by atoms with E-state index in [-0.39, 0.29) is 5.91 Å². The van der Waals surface area contributed by atoms with Crippen molar-refractivity contribution in [1.29, 1.82) is 0 Å². The summed E-state index contributed by atoms with van der Waals surface area (Å²) in [5.41, 5.74) is 6.90. The number of amides is 1. The first kappa shape index (κ1) is 13.1. The molecule has 1 unspecified atom stereocenters. The third-order valence-corrected chi connectivity index (χ3v) is 3.32. The third-order valence-electron chi connectivity index (χ3n) is 3.32. The molecule has 0 radical (unpaired) electrons.